The third-order valence-corrected chi connectivity index (χ3v) is 4.49. The van der Waals surface area contributed by atoms with Crippen LogP contribution in [-0.2, 0) is 16.1 Å². The SMILES string of the molecule is CC1=NN(c2ccccc2)C(=O)/C1=C\c1c(C)c(C#N)c(=O)n(CC(=O)O)c1O. The lowest BCUT2D eigenvalue weighted by Crippen LogP contribution is -2.28. The van der Waals surface area contributed by atoms with E-state index in [-0.39, 0.29) is 22.3 Å². The second-order valence-corrected chi connectivity index (χ2v) is 6.33. The summed E-state index contributed by atoms with van der Waals surface area (Å²) >= 11 is 0. The Balaban J connectivity index is 2.17. The number of nitriles is 1. The van der Waals surface area contributed by atoms with Crippen LogP contribution < -0.4 is 10.6 Å². The number of pyridine rings is 1. The van der Waals surface area contributed by atoms with E-state index in [9.17, 15) is 24.8 Å². The summed E-state index contributed by atoms with van der Waals surface area (Å²) in [5, 5.41) is 34.3. The molecule has 9 heteroatoms. The first-order valence-corrected chi connectivity index (χ1v) is 8.51. The van der Waals surface area contributed by atoms with Gasteiger partial charge < -0.3 is 10.2 Å². The van der Waals surface area contributed by atoms with Crippen LogP contribution in [0.4, 0.5) is 5.69 Å². The third kappa shape index (κ3) is 3.39. The number of hydrogen-bond acceptors (Lipinski definition) is 6. The fourth-order valence-electron chi connectivity index (χ4n) is 3.00. The fraction of sp³-hybridized carbons (Fsp3) is 0.150. The number of carbonyl (C=O) groups excluding carboxylic acids is 1. The normalized spacial score (nSPS) is 14.8. The Labute approximate surface area is 165 Å². The summed E-state index contributed by atoms with van der Waals surface area (Å²) < 4.78 is 0.584. The lowest BCUT2D eigenvalue weighted by molar-refractivity contribution is -0.137. The summed E-state index contributed by atoms with van der Waals surface area (Å²) in [5.41, 5.74) is -0.00590. The van der Waals surface area contributed by atoms with Gasteiger partial charge in [-0.1, -0.05) is 18.2 Å². The van der Waals surface area contributed by atoms with Crippen molar-refractivity contribution in [3.63, 3.8) is 0 Å². The van der Waals surface area contributed by atoms with Crippen molar-refractivity contribution in [3.8, 4) is 11.9 Å². The number of hydrazone groups is 1. The van der Waals surface area contributed by atoms with Crippen LogP contribution in [0.15, 0.2) is 45.8 Å². The molecule has 0 bridgehead atoms. The van der Waals surface area contributed by atoms with Crippen molar-refractivity contribution in [2.24, 2.45) is 5.10 Å². The first-order chi connectivity index (χ1) is 13.8. The summed E-state index contributed by atoms with van der Waals surface area (Å²) in [6, 6.07) is 10.5. The summed E-state index contributed by atoms with van der Waals surface area (Å²) in [6.45, 7) is 2.22. The molecule has 0 radical (unpaired) electrons. The Morgan fingerprint density at radius 2 is 1.90 bits per heavy atom. The van der Waals surface area contributed by atoms with Gasteiger partial charge in [-0.3, -0.25) is 19.0 Å². The number of rotatable bonds is 4. The van der Waals surface area contributed by atoms with Crippen molar-refractivity contribution in [2.75, 3.05) is 5.01 Å². The van der Waals surface area contributed by atoms with E-state index in [2.05, 4.69) is 5.10 Å². The van der Waals surface area contributed by atoms with Gasteiger partial charge in [0.15, 0.2) is 0 Å². The molecule has 0 fully saturated rings. The molecule has 0 atom stereocenters. The van der Waals surface area contributed by atoms with Crippen LogP contribution in [-0.4, -0.2) is 32.4 Å². The van der Waals surface area contributed by atoms with E-state index in [1.165, 1.54) is 18.0 Å². The predicted octanol–water partition coefficient (Wildman–Crippen LogP) is 1.62. The fourth-order valence-corrected chi connectivity index (χ4v) is 3.00. The number of benzene rings is 1. The first kappa shape index (κ1) is 19.6. The maximum atomic E-state index is 12.9. The summed E-state index contributed by atoms with van der Waals surface area (Å²) in [7, 11) is 0. The lowest BCUT2D eigenvalue weighted by Gasteiger charge is -2.14. The number of nitrogens with zero attached hydrogens (tertiary/aromatic N) is 4. The van der Waals surface area contributed by atoms with Crippen molar-refractivity contribution in [1.29, 1.82) is 5.26 Å². The molecule has 1 aromatic heterocycles. The number of anilines is 1. The number of para-hydroxylation sites is 1. The maximum absolute atomic E-state index is 12.9. The van der Waals surface area contributed by atoms with Gasteiger partial charge >= 0.3 is 5.97 Å². The molecule has 3 rings (SSSR count). The highest BCUT2D eigenvalue weighted by Gasteiger charge is 2.30. The van der Waals surface area contributed by atoms with Crippen LogP contribution in [0.5, 0.6) is 5.88 Å². The van der Waals surface area contributed by atoms with E-state index >= 15 is 0 Å². The van der Waals surface area contributed by atoms with Crippen LogP contribution in [0.2, 0.25) is 0 Å². The van der Waals surface area contributed by atoms with Gasteiger partial charge in [0.05, 0.1) is 17.0 Å². The minimum absolute atomic E-state index is 0.00946. The van der Waals surface area contributed by atoms with Crippen LogP contribution in [0.1, 0.15) is 23.6 Å². The second-order valence-electron chi connectivity index (χ2n) is 6.33. The Morgan fingerprint density at radius 3 is 2.48 bits per heavy atom. The molecule has 2 aromatic rings. The van der Waals surface area contributed by atoms with Gasteiger partial charge in [-0.2, -0.15) is 15.4 Å². The van der Waals surface area contributed by atoms with Crippen molar-refractivity contribution in [3.05, 3.63) is 62.9 Å². The number of carbonyl (C=O) groups is 2. The maximum Gasteiger partial charge on any atom is 0.323 e. The second kappa shape index (κ2) is 7.44. The smallest absolute Gasteiger partial charge is 0.323 e. The zero-order chi connectivity index (χ0) is 21.3. The Morgan fingerprint density at radius 1 is 1.24 bits per heavy atom. The van der Waals surface area contributed by atoms with Gasteiger partial charge in [0.1, 0.15) is 18.2 Å². The summed E-state index contributed by atoms with van der Waals surface area (Å²) in [4.78, 5) is 36.3. The van der Waals surface area contributed by atoms with Crippen LogP contribution in [0.3, 0.4) is 0 Å². The molecular weight excluding hydrogens is 376 g/mol. The highest BCUT2D eigenvalue weighted by molar-refractivity contribution is 6.32. The molecule has 146 valence electrons. The zero-order valence-electron chi connectivity index (χ0n) is 15.6. The molecule has 1 aromatic carbocycles. The lowest BCUT2D eigenvalue weighted by atomic mass is 10.0. The molecule has 1 aliphatic heterocycles. The van der Waals surface area contributed by atoms with E-state index in [0.29, 0.717) is 16.0 Å². The van der Waals surface area contributed by atoms with Gasteiger partial charge in [-0.05, 0) is 37.6 Å². The van der Waals surface area contributed by atoms with Gasteiger partial charge in [0.2, 0.25) is 5.88 Å². The highest BCUT2D eigenvalue weighted by atomic mass is 16.4. The summed E-state index contributed by atoms with van der Waals surface area (Å²) in [5.74, 6) is -2.46. The molecule has 2 heterocycles. The molecule has 0 spiro atoms. The molecule has 1 amide bonds. The molecule has 0 unspecified atom stereocenters. The largest absolute Gasteiger partial charge is 0.494 e. The molecule has 2 N–H and O–H groups in total. The zero-order valence-corrected chi connectivity index (χ0v) is 15.6. The van der Waals surface area contributed by atoms with E-state index < -0.39 is 29.9 Å². The Hall–Kier alpha value is -4.19. The first-order valence-electron chi connectivity index (χ1n) is 8.51. The molecule has 0 saturated carbocycles. The van der Waals surface area contributed by atoms with Crippen molar-refractivity contribution >= 4 is 29.4 Å². The van der Waals surface area contributed by atoms with Crippen molar-refractivity contribution < 1.29 is 19.8 Å². The number of amides is 1. The number of hydrogen-bond donors (Lipinski definition) is 2. The molecular formula is C20H16N4O5. The van der Waals surface area contributed by atoms with Crippen LogP contribution in [0.25, 0.3) is 6.08 Å². The molecule has 0 saturated heterocycles. The minimum Gasteiger partial charge on any atom is -0.494 e. The van der Waals surface area contributed by atoms with Gasteiger partial charge in [-0.25, -0.2) is 0 Å². The Kier molecular flexibility index (Phi) is 5.02. The van der Waals surface area contributed by atoms with Gasteiger partial charge in [0.25, 0.3) is 11.5 Å². The van der Waals surface area contributed by atoms with E-state index in [0.717, 1.165) is 0 Å². The van der Waals surface area contributed by atoms with Crippen LogP contribution in [0, 0.1) is 18.3 Å². The van der Waals surface area contributed by atoms with E-state index in [1.54, 1.807) is 43.3 Å². The van der Waals surface area contributed by atoms with Gasteiger partial charge in [-0.15, -0.1) is 0 Å². The average molecular weight is 392 g/mol. The van der Waals surface area contributed by atoms with Crippen molar-refractivity contribution in [1.82, 2.24) is 4.57 Å². The third-order valence-electron chi connectivity index (χ3n) is 4.49. The monoisotopic (exact) mass is 392 g/mol. The number of carboxylic acid groups (broad SMARTS) is 1. The standard InChI is InChI=1S/C20H16N4O5/c1-11-14(18(27)23(10-17(25)26)19(28)16(11)9-21)8-15-12(2)22-24(20(15)29)13-6-4-3-5-7-13/h3-8,27H,10H2,1-2H3,(H,25,26)/b15-8-. The van der Waals surface area contributed by atoms with Crippen LogP contribution >= 0.6 is 0 Å². The van der Waals surface area contributed by atoms with E-state index in [1.807, 2.05) is 0 Å². The quantitative estimate of drug-likeness (QED) is 0.759. The average Bonchev–Trinajstić information content (AvgIpc) is 2.97. The number of aromatic hydroxyl groups is 1. The summed E-state index contributed by atoms with van der Waals surface area (Å²) in [6.07, 6.45) is 1.31. The van der Waals surface area contributed by atoms with Crippen molar-refractivity contribution in [2.45, 2.75) is 20.4 Å². The van der Waals surface area contributed by atoms with Gasteiger partial charge in [0, 0.05) is 5.56 Å². The number of aliphatic carboxylic acids is 1. The number of aromatic nitrogens is 1. The Bertz CT molecular complexity index is 1190. The molecule has 1 aliphatic rings. The topological polar surface area (TPSA) is 136 Å². The molecule has 9 nitrogen and oxygen atoms in total. The molecule has 29 heavy (non-hydrogen) atoms. The van der Waals surface area contributed by atoms with E-state index in [4.69, 9.17) is 5.11 Å². The molecule has 0 aliphatic carbocycles. The number of carboxylic acids is 1. The highest BCUT2D eigenvalue weighted by Crippen LogP contribution is 2.29. The predicted molar refractivity (Wildman–Crippen MR) is 104 cm³/mol. The minimum atomic E-state index is -1.36.